The van der Waals surface area contributed by atoms with E-state index in [1.807, 2.05) is 0 Å². The molecule has 1 fully saturated rings. The van der Waals surface area contributed by atoms with Gasteiger partial charge in [-0.1, -0.05) is 0 Å². The summed E-state index contributed by atoms with van der Waals surface area (Å²) in [7, 11) is 0. The molecule has 1 heterocycles. The maximum atomic E-state index is 11.6. The summed E-state index contributed by atoms with van der Waals surface area (Å²) in [6, 6.07) is 5.86. The summed E-state index contributed by atoms with van der Waals surface area (Å²) in [5.74, 6) is -0.319. The van der Waals surface area contributed by atoms with Crippen LogP contribution in [0.15, 0.2) is 24.3 Å². The summed E-state index contributed by atoms with van der Waals surface area (Å²) in [5.41, 5.74) is 0.427. The summed E-state index contributed by atoms with van der Waals surface area (Å²) in [4.78, 5) is 23.7. The van der Waals surface area contributed by atoms with Gasteiger partial charge in [0.05, 0.1) is 0 Å². The van der Waals surface area contributed by atoms with Crippen molar-refractivity contribution in [1.82, 2.24) is 4.90 Å². The molecule has 1 aromatic carbocycles. The number of imide groups is 1. The second-order valence-electron chi connectivity index (χ2n) is 3.15. The molecule has 1 aliphatic rings. The SMILES string of the molecule is O=C1CCN1C(=O)c1ccc(O)cc1. The molecule has 14 heavy (non-hydrogen) atoms. The van der Waals surface area contributed by atoms with Gasteiger partial charge >= 0.3 is 0 Å². The number of hydrogen-bond donors (Lipinski definition) is 1. The Labute approximate surface area is 80.8 Å². The first-order valence-electron chi connectivity index (χ1n) is 4.32. The number of amides is 2. The van der Waals surface area contributed by atoms with Gasteiger partial charge in [-0.3, -0.25) is 14.5 Å². The van der Waals surface area contributed by atoms with Crippen LogP contribution in [-0.4, -0.2) is 28.4 Å². The first-order chi connectivity index (χ1) is 6.68. The quantitative estimate of drug-likeness (QED) is 0.526. The van der Waals surface area contributed by atoms with E-state index in [1.165, 1.54) is 29.2 Å². The Bertz CT molecular complexity index is 383. The van der Waals surface area contributed by atoms with Crippen LogP contribution in [0, 0.1) is 0 Å². The predicted molar refractivity (Wildman–Crippen MR) is 48.8 cm³/mol. The average Bonchev–Trinajstić information content (AvgIpc) is 2.16. The Morgan fingerprint density at radius 2 is 1.93 bits per heavy atom. The lowest BCUT2D eigenvalue weighted by molar-refractivity contribution is -0.135. The smallest absolute Gasteiger partial charge is 0.260 e. The lowest BCUT2D eigenvalue weighted by atomic mass is 10.1. The zero-order chi connectivity index (χ0) is 10.1. The average molecular weight is 191 g/mol. The van der Waals surface area contributed by atoms with Crippen molar-refractivity contribution in [2.24, 2.45) is 0 Å². The van der Waals surface area contributed by atoms with Gasteiger partial charge in [0, 0.05) is 18.5 Å². The Balaban J connectivity index is 2.19. The van der Waals surface area contributed by atoms with Gasteiger partial charge < -0.3 is 5.11 Å². The fourth-order valence-electron chi connectivity index (χ4n) is 1.29. The highest BCUT2D eigenvalue weighted by atomic mass is 16.3. The molecule has 0 spiro atoms. The second-order valence-corrected chi connectivity index (χ2v) is 3.15. The molecule has 0 radical (unpaired) electrons. The molecule has 2 rings (SSSR count). The van der Waals surface area contributed by atoms with E-state index in [0.29, 0.717) is 18.5 Å². The van der Waals surface area contributed by atoms with Crippen molar-refractivity contribution in [3.05, 3.63) is 29.8 Å². The third kappa shape index (κ3) is 1.35. The van der Waals surface area contributed by atoms with Crippen molar-refractivity contribution in [3.8, 4) is 5.75 Å². The van der Waals surface area contributed by atoms with Crippen molar-refractivity contribution >= 4 is 11.8 Å². The number of rotatable bonds is 1. The minimum atomic E-state index is -0.291. The highest BCUT2D eigenvalue weighted by Crippen LogP contribution is 2.16. The molecule has 1 aliphatic heterocycles. The van der Waals surface area contributed by atoms with Gasteiger partial charge in [0.25, 0.3) is 5.91 Å². The van der Waals surface area contributed by atoms with E-state index < -0.39 is 0 Å². The normalized spacial score (nSPS) is 15.1. The minimum Gasteiger partial charge on any atom is -0.508 e. The summed E-state index contributed by atoms with van der Waals surface area (Å²) in [5, 5.41) is 9.01. The number of phenolic OH excluding ortho intramolecular Hbond substituents is 1. The van der Waals surface area contributed by atoms with E-state index in [-0.39, 0.29) is 17.6 Å². The van der Waals surface area contributed by atoms with Crippen LogP contribution >= 0.6 is 0 Å². The maximum Gasteiger partial charge on any atom is 0.260 e. The number of hydrogen-bond acceptors (Lipinski definition) is 3. The zero-order valence-electron chi connectivity index (χ0n) is 7.43. The van der Waals surface area contributed by atoms with Gasteiger partial charge in [0.2, 0.25) is 5.91 Å². The number of carbonyl (C=O) groups is 2. The summed E-state index contributed by atoms with van der Waals surface area (Å²) in [6.45, 7) is 0.499. The van der Waals surface area contributed by atoms with Crippen LogP contribution < -0.4 is 0 Å². The fourth-order valence-corrected chi connectivity index (χ4v) is 1.29. The number of β-lactam (4-membered cyclic amide) rings is 1. The van der Waals surface area contributed by atoms with Crippen LogP contribution in [0.2, 0.25) is 0 Å². The first kappa shape index (κ1) is 8.74. The molecule has 4 heteroatoms. The van der Waals surface area contributed by atoms with E-state index >= 15 is 0 Å². The Hall–Kier alpha value is -1.84. The number of nitrogens with zero attached hydrogens (tertiary/aromatic N) is 1. The highest BCUT2D eigenvalue weighted by Gasteiger charge is 2.30. The summed E-state index contributed by atoms with van der Waals surface area (Å²) >= 11 is 0. The van der Waals surface area contributed by atoms with Crippen molar-refractivity contribution in [2.45, 2.75) is 6.42 Å². The fraction of sp³-hybridized carbons (Fsp3) is 0.200. The van der Waals surface area contributed by atoms with Crippen LogP contribution in [0.4, 0.5) is 0 Å². The summed E-state index contributed by atoms with van der Waals surface area (Å²) in [6.07, 6.45) is 0.448. The lowest BCUT2D eigenvalue weighted by Crippen LogP contribution is -2.47. The second kappa shape index (κ2) is 3.14. The van der Waals surface area contributed by atoms with Gasteiger partial charge in [0.15, 0.2) is 0 Å². The van der Waals surface area contributed by atoms with Crippen molar-refractivity contribution in [3.63, 3.8) is 0 Å². The van der Waals surface area contributed by atoms with E-state index in [0.717, 1.165) is 0 Å². The molecule has 0 saturated carbocycles. The summed E-state index contributed by atoms with van der Waals surface area (Å²) < 4.78 is 0. The third-order valence-corrected chi connectivity index (χ3v) is 2.21. The van der Waals surface area contributed by atoms with Crippen LogP contribution in [-0.2, 0) is 4.79 Å². The lowest BCUT2D eigenvalue weighted by Gasteiger charge is -2.28. The van der Waals surface area contributed by atoms with Crippen molar-refractivity contribution in [2.75, 3.05) is 6.54 Å². The van der Waals surface area contributed by atoms with Gasteiger partial charge in [-0.15, -0.1) is 0 Å². The van der Waals surface area contributed by atoms with Gasteiger partial charge in [-0.2, -0.15) is 0 Å². The molecule has 4 nitrogen and oxygen atoms in total. The molecule has 1 N–H and O–H groups in total. The largest absolute Gasteiger partial charge is 0.508 e. The van der Waals surface area contributed by atoms with Crippen LogP contribution in [0.25, 0.3) is 0 Å². The number of likely N-dealkylation sites (tertiary alicyclic amines) is 1. The molecular formula is C10H9NO3. The predicted octanol–water partition coefficient (Wildman–Crippen LogP) is 0.765. The first-order valence-corrected chi connectivity index (χ1v) is 4.32. The topological polar surface area (TPSA) is 57.6 Å². The Morgan fingerprint density at radius 3 is 2.36 bits per heavy atom. The van der Waals surface area contributed by atoms with E-state index in [2.05, 4.69) is 0 Å². The monoisotopic (exact) mass is 191 g/mol. The van der Waals surface area contributed by atoms with Crippen LogP contribution in [0.3, 0.4) is 0 Å². The molecule has 2 amide bonds. The molecule has 0 bridgehead atoms. The number of phenols is 1. The molecule has 0 atom stereocenters. The number of aromatic hydroxyl groups is 1. The van der Waals surface area contributed by atoms with Gasteiger partial charge in [-0.25, -0.2) is 0 Å². The van der Waals surface area contributed by atoms with Crippen molar-refractivity contribution in [1.29, 1.82) is 0 Å². The van der Waals surface area contributed by atoms with Gasteiger partial charge in [0.1, 0.15) is 5.75 Å². The van der Waals surface area contributed by atoms with Crippen LogP contribution in [0.5, 0.6) is 5.75 Å². The van der Waals surface area contributed by atoms with Gasteiger partial charge in [-0.05, 0) is 24.3 Å². The maximum absolute atomic E-state index is 11.6. The molecule has 1 saturated heterocycles. The van der Waals surface area contributed by atoms with E-state index in [9.17, 15) is 9.59 Å². The zero-order valence-corrected chi connectivity index (χ0v) is 7.43. The minimum absolute atomic E-state index is 0.108. The van der Waals surface area contributed by atoms with Crippen molar-refractivity contribution < 1.29 is 14.7 Å². The highest BCUT2D eigenvalue weighted by molar-refractivity contribution is 6.07. The molecule has 0 aliphatic carbocycles. The Kier molecular flexibility index (Phi) is 1.96. The molecule has 0 aromatic heterocycles. The van der Waals surface area contributed by atoms with E-state index in [4.69, 9.17) is 5.11 Å². The standard InChI is InChI=1S/C10H9NO3/c12-8-3-1-7(2-4-8)10(14)11-6-5-9(11)13/h1-4,12H,5-6H2. The number of carbonyl (C=O) groups excluding carboxylic acids is 2. The third-order valence-electron chi connectivity index (χ3n) is 2.21. The number of benzene rings is 1. The van der Waals surface area contributed by atoms with Crippen LogP contribution in [0.1, 0.15) is 16.8 Å². The Morgan fingerprint density at radius 1 is 1.29 bits per heavy atom. The molecule has 0 unspecified atom stereocenters. The van der Waals surface area contributed by atoms with E-state index in [1.54, 1.807) is 0 Å². The molecular weight excluding hydrogens is 182 g/mol. The molecule has 72 valence electrons. The molecule has 1 aromatic rings.